The highest BCUT2D eigenvalue weighted by molar-refractivity contribution is 5.29. The zero-order valence-electron chi connectivity index (χ0n) is 9.03. The molecule has 3 heteroatoms. The maximum Gasteiger partial charge on any atom is 0.387 e. The number of rotatable bonds is 3. The minimum Gasteiger partial charge on any atom is -0.435 e. The molecule has 0 aliphatic heterocycles. The van der Waals surface area contributed by atoms with Crippen molar-refractivity contribution in [3.05, 3.63) is 36.2 Å². The molecule has 0 saturated heterocycles. The van der Waals surface area contributed by atoms with Gasteiger partial charge in [0.2, 0.25) is 0 Å². The lowest BCUT2D eigenvalue weighted by atomic mass is 9.84. The summed E-state index contributed by atoms with van der Waals surface area (Å²) in [4.78, 5) is 0. The Labute approximate surface area is 94.4 Å². The van der Waals surface area contributed by atoms with Gasteiger partial charge in [0.15, 0.2) is 0 Å². The molecule has 0 aromatic heterocycles. The zero-order valence-corrected chi connectivity index (χ0v) is 9.03. The summed E-state index contributed by atoms with van der Waals surface area (Å²) < 4.78 is 28.2. The highest BCUT2D eigenvalue weighted by Crippen LogP contribution is 2.32. The van der Waals surface area contributed by atoms with E-state index in [0.717, 1.165) is 25.7 Å². The number of alkyl halides is 2. The lowest BCUT2D eigenvalue weighted by molar-refractivity contribution is -0.0498. The largest absolute Gasteiger partial charge is 0.435 e. The molecule has 0 spiro atoms. The second-order valence-electron chi connectivity index (χ2n) is 4.09. The van der Waals surface area contributed by atoms with E-state index < -0.39 is 6.61 Å². The van der Waals surface area contributed by atoms with E-state index in [9.17, 15) is 8.78 Å². The molecule has 2 rings (SSSR count). The van der Waals surface area contributed by atoms with Crippen LogP contribution in [0.3, 0.4) is 0 Å². The quantitative estimate of drug-likeness (QED) is 0.750. The van der Waals surface area contributed by atoms with Crippen molar-refractivity contribution in [2.75, 3.05) is 0 Å². The predicted octanol–water partition coefficient (Wildman–Crippen LogP) is 4.15. The van der Waals surface area contributed by atoms with Crippen LogP contribution in [-0.4, -0.2) is 6.61 Å². The molecule has 0 N–H and O–H groups in total. The van der Waals surface area contributed by atoms with Crippen molar-refractivity contribution in [3.63, 3.8) is 0 Å². The molecule has 16 heavy (non-hydrogen) atoms. The molecule has 1 nitrogen and oxygen atoms in total. The van der Waals surface area contributed by atoms with Crippen molar-refractivity contribution >= 4 is 0 Å². The average molecular weight is 225 g/mol. The summed E-state index contributed by atoms with van der Waals surface area (Å²) in [7, 11) is 0. The van der Waals surface area contributed by atoms with Crippen LogP contribution in [0.1, 0.15) is 37.2 Å². The first kappa shape index (κ1) is 11.4. The molecular weight excluding hydrogens is 210 g/mol. The minimum atomic E-state index is -2.74. The number of benzene rings is 1. The number of hydrogen-bond acceptors (Lipinski definition) is 1. The standard InChI is InChI=1S/C13H15F2O/c14-13(15)16-12-8-6-11(7-9-12)10-4-2-1-3-5-10/h1,6-10,13H,2-5H2. The van der Waals surface area contributed by atoms with Gasteiger partial charge in [0.1, 0.15) is 5.75 Å². The van der Waals surface area contributed by atoms with Gasteiger partial charge in [-0.2, -0.15) is 8.78 Å². The molecule has 1 aromatic carbocycles. The first-order valence-corrected chi connectivity index (χ1v) is 5.62. The lowest BCUT2D eigenvalue weighted by Gasteiger charge is -2.21. The van der Waals surface area contributed by atoms with Crippen LogP contribution in [0, 0.1) is 6.42 Å². The van der Waals surface area contributed by atoms with Gasteiger partial charge in [-0.25, -0.2) is 0 Å². The summed E-state index contributed by atoms with van der Waals surface area (Å²) in [5, 5.41) is 0. The number of halogens is 2. The molecule has 1 saturated carbocycles. The van der Waals surface area contributed by atoms with E-state index in [4.69, 9.17) is 0 Å². The highest BCUT2D eigenvalue weighted by atomic mass is 19.3. The average Bonchev–Trinajstić information content (AvgIpc) is 2.30. The van der Waals surface area contributed by atoms with E-state index in [2.05, 4.69) is 11.2 Å². The first-order chi connectivity index (χ1) is 7.75. The molecule has 0 unspecified atom stereocenters. The molecule has 1 aromatic rings. The third-order valence-electron chi connectivity index (χ3n) is 3.02. The summed E-state index contributed by atoms with van der Waals surface area (Å²) in [6, 6.07) is 7.04. The van der Waals surface area contributed by atoms with Gasteiger partial charge < -0.3 is 4.74 Å². The van der Waals surface area contributed by atoms with Crippen LogP contribution in [-0.2, 0) is 0 Å². The second kappa shape index (κ2) is 5.28. The van der Waals surface area contributed by atoms with Crippen molar-refractivity contribution in [2.45, 2.75) is 38.2 Å². The maximum absolute atomic E-state index is 11.9. The van der Waals surface area contributed by atoms with Gasteiger partial charge in [-0.15, -0.1) is 0 Å². The Morgan fingerprint density at radius 1 is 1.06 bits per heavy atom. The smallest absolute Gasteiger partial charge is 0.387 e. The molecule has 87 valence electrons. The van der Waals surface area contributed by atoms with Crippen LogP contribution in [0.4, 0.5) is 8.78 Å². The van der Waals surface area contributed by atoms with Crippen molar-refractivity contribution in [1.29, 1.82) is 0 Å². The molecule has 0 bridgehead atoms. The Morgan fingerprint density at radius 2 is 1.69 bits per heavy atom. The van der Waals surface area contributed by atoms with Crippen molar-refractivity contribution in [2.24, 2.45) is 0 Å². The first-order valence-electron chi connectivity index (χ1n) is 5.62. The molecule has 1 aliphatic rings. The van der Waals surface area contributed by atoms with Crippen LogP contribution >= 0.6 is 0 Å². The summed E-state index contributed by atoms with van der Waals surface area (Å²) in [6.45, 7) is -2.74. The van der Waals surface area contributed by atoms with Crippen molar-refractivity contribution in [1.82, 2.24) is 0 Å². The van der Waals surface area contributed by atoms with Crippen LogP contribution in [0.25, 0.3) is 0 Å². The van der Waals surface area contributed by atoms with E-state index in [1.165, 1.54) is 5.56 Å². The van der Waals surface area contributed by atoms with Crippen LogP contribution in [0.15, 0.2) is 24.3 Å². The summed E-state index contributed by atoms with van der Waals surface area (Å²) in [5.41, 5.74) is 1.23. The van der Waals surface area contributed by atoms with Crippen LogP contribution < -0.4 is 4.74 Å². The Bertz CT molecular complexity index is 315. The predicted molar refractivity (Wildman–Crippen MR) is 58.6 cm³/mol. The molecule has 1 aliphatic carbocycles. The maximum atomic E-state index is 11.9. The topological polar surface area (TPSA) is 9.23 Å². The van der Waals surface area contributed by atoms with Crippen LogP contribution in [0.5, 0.6) is 5.75 Å². The van der Waals surface area contributed by atoms with E-state index in [-0.39, 0.29) is 5.75 Å². The lowest BCUT2D eigenvalue weighted by Crippen LogP contribution is -2.05. The fraction of sp³-hybridized carbons (Fsp3) is 0.462. The molecule has 0 atom stereocenters. The second-order valence-corrected chi connectivity index (χ2v) is 4.09. The van der Waals surface area contributed by atoms with Gasteiger partial charge in [0.05, 0.1) is 0 Å². The SMILES string of the molecule is FC(F)Oc1ccc(C2CC[CH]CC2)cc1. The van der Waals surface area contributed by atoms with E-state index in [1.807, 2.05) is 12.1 Å². The molecule has 0 heterocycles. The molecular formula is C13H15F2O. The number of hydrogen-bond donors (Lipinski definition) is 0. The van der Waals surface area contributed by atoms with Gasteiger partial charge in [0, 0.05) is 0 Å². The Balaban J connectivity index is 2.00. The number of ether oxygens (including phenoxy) is 1. The van der Waals surface area contributed by atoms with Gasteiger partial charge in [0.25, 0.3) is 0 Å². The monoisotopic (exact) mass is 225 g/mol. The van der Waals surface area contributed by atoms with E-state index >= 15 is 0 Å². The molecule has 1 radical (unpaired) electrons. The summed E-state index contributed by atoms with van der Waals surface area (Å²) >= 11 is 0. The Hall–Kier alpha value is -1.12. The van der Waals surface area contributed by atoms with Gasteiger partial charge in [-0.05, 0) is 55.7 Å². The summed E-state index contributed by atoms with van der Waals surface area (Å²) in [5.74, 6) is 0.812. The fourth-order valence-electron chi connectivity index (χ4n) is 2.18. The van der Waals surface area contributed by atoms with Gasteiger partial charge in [-0.3, -0.25) is 0 Å². The normalized spacial score (nSPS) is 17.7. The summed E-state index contributed by atoms with van der Waals surface area (Å²) in [6.07, 6.45) is 6.94. The minimum absolute atomic E-state index is 0.237. The molecule has 0 amide bonds. The Kier molecular flexibility index (Phi) is 3.75. The fourth-order valence-corrected chi connectivity index (χ4v) is 2.18. The van der Waals surface area contributed by atoms with Gasteiger partial charge in [-0.1, -0.05) is 12.1 Å². The van der Waals surface area contributed by atoms with Crippen LogP contribution in [0.2, 0.25) is 0 Å². The van der Waals surface area contributed by atoms with E-state index in [1.54, 1.807) is 12.1 Å². The molecule has 1 fully saturated rings. The third-order valence-corrected chi connectivity index (χ3v) is 3.02. The van der Waals surface area contributed by atoms with Gasteiger partial charge >= 0.3 is 6.61 Å². The third kappa shape index (κ3) is 2.94. The highest BCUT2D eigenvalue weighted by Gasteiger charge is 2.15. The zero-order chi connectivity index (χ0) is 11.4. The van der Waals surface area contributed by atoms with Crippen molar-refractivity contribution < 1.29 is 13.5 Å². The van der Waals surface area contributed by atoms with Crippen molar-refractivity contribution in [3.8, 4) is 5.75 Å². The van der Waals surface area contributed by atoms with E-state index in [0.29, 0.717) is 5.92 Å². The Morgan fingerprint density at radius 3 is 2.25 bits per heavy atom.